The summed E-state index contributed by atoms with van der Waals surface area (Å²) < 4.78 is 38.2. The summed E-state index contributed by atoms with van der Waals surface area (Å²) in [4.78, 5) is 2.71. The van der Waals surface area contributed by atoms with Crippen LogP contribution in [-0.4, -0.2) is 4.98 Å². The van der Waals surface area contributed by atoms with Crippen LogP contribution in [0.5, 0.6) is 0 Å². The molecule has 1 N–H and O–H groups in total. The maximum Gasteiger partial charge on any atom is 0.417 e. The zero-order chi connectivity index (χ0) is 16.0. The minimum absolute atomic E-state index is 0.465. The second kappa shape index (κ2) is 4.88. The second-order valence-electron chi connectivity index (χ2n) is 5.52. The third-order valence-corrected chi connectivity index (χ3v) is 4.07. The zero-order valence-electron chi connectivity index (χ0n) is 12.0. The molecule has 0 saturated carbocycles. The quantitative estimate of drug-likeness (QED) is 0.414. The number of aromatic amines is 1. The Hall–Kier alpha value is -2.75. The summed E-state index contributed by atoms with van der Waals surface area (Å²) in [5, 5.41) is 4.38. The van der Waals surface area contributed by atoms with Gasteiger partial charge in [-0.15, -0.1) is 0 Å². The first-order valence-corrected chi connectivity index (χ1v) is 7.20. The molecule has 0 fully saturated rings. The second-order valence-corrected chi connectivity index (χ2v) is 5.52. The molecule has 0 unspecified atom stereocenters. The number of halogens is 3. The number of hydrogen-bond donors (Lipinski definition) is 1. The number of aromatic nitrogens is 1. The van der Waals surface area contributed by atoms with Gasteiger partial charge in [0.2, 0.25) is 0 Å². The van der Waals surface area contributed by atoms with Gasteiger partial charge in [0.1, 0.15) is 0 Å². The molecular formula is C19H12F3N. The van der Waals surface area contributed by atoms with Crippen molar-refractivity contribution in [2.24, 2.45) is 0 Å². The highest BCUT2D eigenvalue weighted by Gasteiger charge is 2.31. The Morgan fingerprint density at radius 1 is 0.739 bits per heavy atom. The first-order chi connectivity index (χ1) is 11.0. The number of fused-ring (bicyclic) bond motifs is 3. The summed E-state index contributed by atoms with van der Waals surface area (Å²) in [6.07, 6.45) is -3.33. The Balaban J connectivity index is 1.86. The maximum absolute atomic E-state index is 12.7. The van der Waals surface area contributed by atoms with E-state index in [9.17, 15) is 13.2 Å². The molecule has 0 spiro atoms. The lowest BCUT2D eigenvalue weighted by Gasteiger charge is -2.06. The lowest BCUT2D eigenvalue weighted by atomic mass is 9.99. The van der Waals surface area contributed by atoms with Crippen LogP contribution in [0.1, 0.15) is 5.56 Å². The van der Waals surface area contributed by atoms with Crippen molar-refractivity contribution in [3.8, 4) is 11.3 Å². The van der Waals surface area contributed by atoms with Gasteiger partial charge < -0.3 is 4.98 Å². The molecule has 0 radical (unpaired) electrons. The number of nitrogens with one attached hydrogen (secondary N) is 1. The van der Waals surface area contributed by atoms with E-state index in [1.807, 2.05) is 54.6 Å². The number of benzene rings is 3. The minimum Gasteiger partial charge on any atom is -0.361 e. The predicted molar refractivity (Wildman–Crippen MR) is 86.2 cm³/mol. The molecule has 114 valence electrons. The molecule has 0 aliphatic rings. The summed E-state index contributed by atoms with van der Waals surface area (Å²) >= 11 is 0. The molecule has 0 aliphatic carbocycles. The van der Waals surface area contributed by atoms with Crippen molar-refractivity contribution in [1.82, 2.24) is 4.98 Å². The zero-order valence-corrected chi connectivity index (χ0v) is 12.0. The average Bonchev–Trinajstić information content (AvgIpc) is 3.04. The lowest BCUT2D eigenvalue weighted by molar-refractivity contribution is -0.137. The summed E-state index contributed by atoms with van der Waals surface area (Å²) in [5.74, 6) is 0. The van der Waals surface area contributed by atoms with Gasteiger partial charge in [-0.1, -0.05) is 48.5 Å². The predicted octanol–water partition coefficient (Wildman–Crippen LogP) is 6.01. The van der Waals surface area contributed by atoms with E-state index in [1.54, 1.807) is 0 Å². The molecule has 3 aromatic carbocycles. The molecule has 1 heterocycles. The largest absolute Gasteiger partial charge is 0.417 e. The average molecular weight is 311 g/mol. The van der Waals surface area contributed by atoms with Gasteiger partial charge in [0.05, 0.1) is 5.56 Å². The molecule has 0 bridgehead atoms. The summed E-state index contributed by atoms with van der Waals surface area (Å²) in [6.45, 7) is 0. The van der Waals surface area contributed by atoms with Crippen molar-refractivity contribution >= 4 is 21.5 Å². The van der Waals surface area contributed by atoms with E-state index >= 15 is 0 Å². The molecule has 1 nitrogen and oxygen atoms in total. The molecule has 23 heavy (non-hydrogen) atoms. The molecule has 0 amide bonds. The van der Waals surface area contributed by atoms with E-state index < -0.39 is 11.7 Å². The molecule has 4 heteroatoms. The minimum atomic E-state index is -4.33. The fourth-order valence-corrected chi connectivity index (χ4v) is 2.91. The third kappa shape index (κ3) is 2.36. The van der Waals surface area contributed by atoms with E-state index in [2.05, 4.69) is 4.98 Å². The molecule has 0 aliphatic heterocycles. The topological polar surface area (TPSA) is 15.8 Å². The number of alkyl halides is 3. The normalized spacial score (nSPS) is 12.1. The van der Waals surface area contributed by atoms with Crippen molar-refractivity contribution in [2.45, 2.75) is 6.18 Å². The van der Waals surface area contributed by atoms with Crippen LogP contribution in [0.15, 0.2) is 66.9 Å². The van der Waals surface area contributed by atoms with Gasteiger partial charge in [-0.2, -0.15) is 13.2 Å². The summed E-state index contributed by atoms with van der Waals surface area (Å²) in [5.41, 5.74) is 0.543. The van der Waals surface area contributed by atoms with Crippen molar-refractivity contribution in [2.75, 3.05) is 0 Å². The van der Waals surface area contributed by atoms with Crippen LogP contribution in [0, 0.1) is 0 Å². The van der Waals surface area contributed by atoms with Crippen LogP contribution in [0.25, 0.3) is 32.8 Å². The highest BCUT2D eigenvalue weighted by molar-refractivity contribution is 6.08. The number of H-pyrrole nitrogens is 1. The Kier molecular flexibility index (Phi) is 2.94. The molecule has 4 rings (SSSR count). The first kappa shape index (κ1) is 13.9. The van der Waals surface area contributed by atoms with E-state index in [0.717, 1.165) is 39.4 Å². The van der Waals surface area contributed by atoms with Gasteiger partial charge in [-0.25, -0.2) is 0 Å². The Morgan fingerprint density at radius 3 is 2.26 bits per heavy atom. The third-order valence-electron chi connectivity index (χ3n) is 4.07. The van der Waals surface area contributed by atoms with Crippen LogP contribution in [-0.2, 0) is 6.18 Å². The van der Waals surface area contributed by atoms with E-state index in [0.29, 0.717) is 5.69 Å². The molecule has 1 aromatic heterocycles. The number of hydrogen-bond acceptors (Lipinski definition) is 0. The number of rotatable bonds is 1. The molecule has 0 saturated heterocycles. The Bertz CT molecular complexity index is 1010. The monoisotopic (exact) mass is 311 g/mol. The van der Waals surface area contributed by atoms with Crippen molar-refractivity contribution in [1.29, 1.82) is 0 Å². The molecule has 4 aromatic rings. The van der Waals surface area contributed by atoms with Gasteiger partial charge in [-0.05, 0) is 39.2 Å². The fraction of sp³-hybridized carbons (Fsp3) is 0.0526. The van der Waals surface area contributed by atoms with Gasteiger partial charge in [-0.3, -0.25) is 0 Å². The maximum atomic E-state index is 12.7. The van der Waals surface area contributed by atoms with Gasteiger partial charge in [0.15, 0.2) is 0 Å². The molecular weight excluding hydrogens is 299 g/mol. The van der Waals surface area contributed by atoms with E-state index in [1.165, 1.54) is 0 Å². The highest BCUT2D eigenvalue weighted by atomic mass is 19.4. The lowest BCUT2D eigenvalue weighted by Crippen LogP contribution is -2.02. The van der Waals surface area contributed by atoms with Crippen molar-refractivity contribution in [3.05, 3.63) is 72.4 Å². The SMILES string of the molecule is FC(F)(F)c1c[nH]c(-c2ccc3c(ccc4ccccc43)c2)c1. The van der Waals surface area contributed by atoms with E-state index in [-0.39, 0.29) is 0 Å². The standard InChI is InChI=1S/C19H12F3N/c20-19(21,22)15-10-18(23-11-15)14-7-8-17-13(9-14)6-5-12-3-1-2-4-16(12)17/h1-11,23H. The fourth-order valence-electron chi connectivity index (χ4n) is 2.91. The van der Waals surface area contributed by atoms with Gasteiger partial charge >= 0.3 is 6.18 Å². The first-order valence-electron chi connectivity index (χ1n) is 7.20. The van der Waals surface area contributed by atoms with Crippen molar-refractivity contribution < 1.29 is 13.2 Å². The van der Waals surface area contributed by atoms with E-state index in [4.69, 9.17) is 0 Å². The van der Waals surface area contributed by atoms with Crippen molar-refractivity contribution in [3.63, 3.8) is 0 Å². The van der Waals surface area contributed by atoms with Crippen LogP contribution in [0.2, 0.25) is 0 Å². The molecule has 0 atom stereocenters. The summed E-state index contributed by atoms with van der Waals surface area (Å²) in [7, 11) is 0. The highest BCUT2D eigenvalue weighted by Crippen LogP contribution is 2.34. The van der Waals surface area contributed by atoms with Crippen LogP contribution < -0.4 is 0 Å². The van der Waals surface area contributed by atoms with Crippen LogP contribution >= 0.6 is 0 Å². The Morgan fingerprint density at radius 2 is 1.48 bits per heavy atom. The summed E-state index contributed by atoms with van der Waals surface area (Å²) in [6, 6.07) is 18.9. The van der Waals surface area contributed by atoms with Crippen LogP contribution in [0.4, 0.5) is 13.2 Å². The van der Waals surface area contributed by atoms with Gasteiger partial charge in [0, 0.05) is 11.9 Å². The smallest absolute Gasteiger partial charge is 0.361 e. The van der Waals surface area contributed by atoms with Gasteiger partial charge in [0.25, 0.3) is 0 Å². The Labute approximate surface area is 130 Å². The van der Waals surface area contributed by atoms with Crippen LogP contribution in [0.3, 0.4) is 0 Å².